The number of amides is 1. The predicted molar refractivity (Wildman–Crippen MR) is 117 cm³/mol. The van der Waals surface area contributed by atoms with Gasteiger partial charge in [-0.3, -0.25) is 4.31 Å². The summed E-state index contributed by atoms with van der Waals surface area (Å²) >= 11 is 12.2. The number of ether oxygens (including phenoxy) is 1. The molecule has 0 aliphatic carbocycles. The fraction of sp³-hybridized carbons (Fsp3) is 0.350. The normalized spacial score (nSPS) is 11.8. The van der Waals surface area contributed by atoms with Gasteiger partial charge in [-0.25, -0.2) is 13.2 Å². The third kappa shape index (κ3) is 7.10. The van der Waals surface area contributed by atoms with Crippen LogP contribution in [0.25, 0.3) is 0 Å². The fourth-order valence-electron chi connectivity index (χ4n) is 2.49. The topological polar surface area (TPSA) is 75.7 Å². The van der Waals surface area contributed by atoms with Gasteiger partial charge in [0.05, 0.1) is 28.5 Å². The monoisotopic (exact) mass is 458 g/mol. The van der Waals surface area contributed by atoms with E-state index in [1.54, 1.807) is 63.2 Å². The Labute approximate surface area is 181 Å². The molecule has 0 unspecified atom stereocenters. The molecule has 0 spiro atoms. The predicted octanol–water partition coefficient (Wildman–Crippen LogP) is 4.98. The number of anilines is 1. The minimum Gasteiger partial charge on any atom is -0.444 e. The van der Waals surface area contributed by atoms with E-state index in [1.807, 2.05) is 0 Å². The Kier molecular flexibility index (Phi) is 7.43. The van der Waals surface area contributed by atoms with Crippen molar-refractivity contribution in [1.82, 2.24) is 5.32 Å². The summed E-state index contributed by atoms with van der Waals surface area (Å²) < 4.78 is 31.1. The lowest BCUT2D eigenvalue weighted by molar-refractivity contribution is 0.0523. The molecule has 6 nitrogen and oxygen atoms in total. The smallest absolute Gasteiger partial charge is 0.407 e. The van der Waals surface area contributed by atoms with Crippen LogP contribution >= 0.6 is 23.2 Å². The maximum atomic E-state index is 12.3. The van der Waals surface area contributed by atoms with E-state index in [-0.39, 0.29) is 13.1 Å². The maximum absolute atomic E-state index is 12.3. The van der Waals surface area contributed by atoms with Crippen LogP contribution in [0, 0.1) is 0 Å². The maximum Gasteiger partial charge on any atom is 0.407 e. The van der Waals surface area contributed by atoms with Gasteiger partial charge in [-0.2, -0.15) is 0 Å². The van der Waals surface area contributed by atoms with Crippen LogP contribution in [0.5, 0.6) is 0 Å². The van der Waals surface area contributed by atoms with Gasteiger partial charge in [0.2, 0.25) is 10.0 Å². The first-order chi connectivity index (χ1) is 13.4. The molecule has 0 aliphatic heterocycles. The van der Waals surface area contributed by atoms with Crippen LogP contribution in [0.3, 0.4) is 0 Å². The van der Waals surface area contributed by atoms with Crippen molar-refractivity contribution in [3.05, 3.63) is 63.6 Å². The Hall–Kier alpha value is -1.96. The Morgan fingerprint density at radius 2 is 1.72 bits per heavy atom. The Morgan fingerprint density at radius 1 is 1.10 bits per heavy atom. The van der Waals surface area contributed by atoms with Gasteiger partial charge >= 0.3 is 6.09 Å². The standard InChI is InChI=1S/C20H24Cl2N2O4S/c1-20(2,3)28-19(25)23-12-14-8-10-16(11-9-14)24(29(4,26)27)13-15-6-5-7-17(21)18(15)22/h5-11H,12-13H2,1-4H3,(H,23,25). The van der Waals surface area contributed by atoms with Gasteiger partial charge in [-0.05, 0) is 50.1 Å². The van der Waals surface area contributed by atoms with Gasteiger partial charge in [0.1, 0.15) is 5.60 Å². The van der Waals surface area contributed by atoms with Crippen LogP contribution in [0.4, 0.5) is 10.5 Å². The largest absolute Gasteiger partial charge is 0.444 e. The number of benzene rings is 2. The number of carbonyl (C=O) groups is 1. The van der Waals surface area contributed by atoms with Crippen LogP contribution < -0.4 is 9.62 Å². The Morgan fingerprint density at radius 3 is 2.28 bits per heavy atom. The molecule has 2 aromatic rings. The summed E-state index contributed by atoms with van der Waals surface area (Å²) in [6.45, 7) is 5.66. The number of alkyl carbamates (subject to hydrolysis) is 1. The first-order valence-corrected chi connectivity index (χ1v) is 11.4. The summed E-state index contributed by atoms with van der Waals surface area (Å²) in [7, 11) is -3.56. The third-order valence-corrected chi connectivity index (χ3v) is 5.80. The first kappa shape index (κ1) is 23.3. The number of hydrogen-bond donors (Lipinski definition) is 1. The van der Waals surface area contributed by atoms with Gasteiger partial charge in [0.15, 0.2) is 0 Å². The molecule has 1 N–H and O–H groups in total. The van der Waals surface area contributed by atoms with Crippen molar-refractivity contribution in [1.29, 1.82) is 0 Å². The first-order valence-electron chi connectivity index (χ1n) is 8.83. The second-order valence-corrected chi connectivity index (χ2v) is 10.2. The fourth-order valence-corrected chi connectivity index (χ4v) is 3.75. The molecule has 158 valence electrons. The molecular weight excluding hydrogens is 435 g/mol. The number of hydrogen-bond acceptors (Lipinski definition) is 4. The van der Waals surface area contributed by atoms with Crippen molar-refractivity contribution >= 4 is 45.0 Å². The van der Waals surface area contributed by atoms with Crippen molar-refractivity contribution in [2.45, 2.75) is 39.5 Å². The Balaban J connectivity index is 2.15. The highest BCUT2D eigenvalue weighted by Crippen LogP contribution is 2.29. The SMILES string of the molecule is CC(C)(C)OC(=O)NCc1ccc(N(Cc2cccc(Cl)c2Cl)S(C)(=O)=O)cc1. The zero-order valence-electron chi connectivity index (χ0n) is 16.7. The van der Waals surface area contributed by atoms with Gasteiger partial charge in [0, 0.05) is 6.54 Å². The molecule has 0 saturated carbocycles. The molecule has 0 aliphatic rings. The molecule has 0 atom stereocenters. The van der Waals surface area contributed by atoms with E-state index in [4.69, 9.17) is 27.9 Å². The van der Waals surface area contributed by atoms with Crippen molar-refractivity contribution < 1.29 is 17.9 Å². The highest BCUT2D eigenvalue weighted by Gasteiger charge is 2.20. The van der Waals surface area contributed by atoms with E-state index in [0.717, 1.165) is 11.8 Å². The summed E-state index contributed by atoms with van der Waals surface area (Å²) in [6.07, 6.45) is 0.610. The molecule has 2 aromatic carbocycles. The van der Waals surface area contributed by atoms with Gasteiger partial charge in [-0.15, -0.1) is 0 Å². The minimum absolute atomic E-state index is 0.0493. The summed E-state index contributed by atoms with van der Waals surface area (Å²) in [5.41, 5.74) is 1.30. The van der Waals surface area contributed by atoms with Crippen LogP contribution in [-0.2, 0) is 27.8 Å². The number of nitrogens with one attached hydrogen (secondary N) is 1. The zero-order valence-corrected chi connectivity index (χ0v) is 19.0. The lowest BCUT2D eigenvalue weighted by Crippen LogP contribution is -2.32. The molecule has 0 bridgehead atoms. The van der Waals surface area contributed by atoms with Crippen LogP contribution in [0.2, 0.25) is 10.0 Å². The summed E-state index contributed by atoms with van der Waals surface area (Å²) in [4.78, 5) is 11.8. The number of nitrogens with zero attached hydrogens (tertiary/aromatic N) is 1. The van der Waals surface area contributed by atoms with Gasteiger partial charge in [-0.1, -0.05) is 47.5 Å². The summed E-state index contributed by atoms with van der Waals surface area (Å²) in [5.74, 6) is 0. The van der Waals surface area contributed by atoms with E-state index >= 15 is 0 Å². The van der Waals surface area contributed by atoms with Crippen LogP contribution in [0.15, 0.2) is 42.5 Å². The lowest BCUT2D eigenvalue weighted by atomic mass is 10.2. The van der Waals surface area contributed by atoms with Crippen molar-refractivity contribution in [2.24, 2.45) is 0 Å². The number of carbonyl (C=O) groups excluding carboxylic acids is 1. The van der Waals surface area contributed by atoms with Gasteiger partial charge in [0.25, 0.3) is 0 Å². The van der Waals surface area contributed by atoms with Crippen LogP contribution in [-0.4, -0.2) is 26.4 Å². The van der Waals surface area contributed by atoms with Crippen LogP contribution in [0.1, 0.15) is 31.9 Å². The van der Waals surface area contributed by atoms with Crippen molar-refractivity contribution in [3.63, 3.8) is 0 Å². The number of halogens is 2. The molecule has 29 heavy (non-hydrogen) atoms. The minimum atomic E-state index is -3.56. The number of sulfonamides is 1. The van der Waals surface area contributed by atoms with E-state index in [9.17, 15) is 13.2 Å². The van der Waals surface area contributed by atoms with E-state index in [2.05, 4.69) is 5.32 Å². The quantitative estimate of drug-likeness (QED) is 0.661. The highest BCUT2D eigenvalue weighted by atomic mass is 35.5. The van der Waals surface area contributed by atoms with Gasteiger partial charge < -0.3 is 10.1 Å². The Bertz CT molecular complexity index is 971. The molecule has 0 aromatic heterocycles. The molecule has 0 saturated heterocycles. The van der Waals surface area contributed by atoms with Crippen molar-refractivity contribution in [3.8, 4) is 0 Å². The molecular formula is C20H24Cl2N2O4S. The second kappa shape index (κ2) is 9.24. The molecule has 9 heteroatoms. The zero-order chi connectivity index (χ0) is 21.8. The average molecular weight is 459 g/mol. The summed E-state index contributed by atoms with van der Waals surface area (Å²) in [6, 6.07) is 11.9. The second-order valence-electron chi connectivity index (χ2n) is 7.50. The molecule has 2 rings (SSSR count). The average Bonchev–Trinajstić information content (AvgIpc) is 2.59. The molecule has 0 fully saturated rings. The molecule has 0 radical (unpaired) electrons. The van der Waals surface area contributed by atoms with E-state index in [0.29, 0.717) is 21.3 Å². The van der Waals surface area contributed by atoms with E-state index < -0.39 is 21.7 Å². The molecule has 1 amide bonds. The van der Waals surface area contributed by atoms with Crippen molar-refractivity contribution in [2.75, 3.05) is 10.6 Å². The highest BCUT2D eigenvalue weighted by molar-refractivity contribution is 7.92. The lowest BCUT2D eigenvalue weighted by Gasteiger charge is -2.23. The van der Waals surface area contributed by atoms with E-state index in [1.165, 1.54) is 4.31 Å². The number of rotatable bonds is 6. The molecule has 0 heterocycles. The summed E-state index contributed by atoms with van der Waals surface area (Å²) in [5, 5.41) is 3.35. The third-order valence-electron chi connectivity index (χ3n) is 3.81.